The van der Waals surface area contributed by atoms with Gasteiger partial charge in [0.05, 0.1) is 30.8 Å². The first-order valence-corrected chi connectivity index (χ1v) is 20.3. The number of Topliss-reactive ketones (excluding diaryl/α,β-unsaturated/α-hetero) is 1. The van der Waals surface area contributed by atoms with Crippen molar-refractivity contribution in [1.29, 1.82) is 0 Å². The molecule has 6 rings (SSSR count). The van der Waals surface area contributed by atoms with Crippen LogP contribution < -0.4 is 0 Å². The van der Waals surface area contributed by atoms with Gasteiger partial charge in [-0.25, -0.2) is 0 Å². The zero-order chi connectivity index (χ0) is 40.6. The minimum absolute atomic E-state index is 0.0399. The van der Waals surface area contributed by atoms with Crippen molar-refractivity contribution >= 4 is 11.8 Å². The molecule has 8 N–H and O–H groups in total. The van der Waals surface area contributed by atoms with E-state index in [0.717, 1.165) is 24.8 Å². The third-order valence-electron chi connectivity index (χ3n) is 16.2. The standard InChI is InChI=1S/C41H66O14/c1-20(21(2)43)8-13-41(36(50)51)15-14-39(6)22(17-41)23(44)16-27-38(5)11-10-28(37(3,4)26(38)9-12-40(27,39)7)54-35-33(29(46)24(45)19-52-35)55-32-30(47)25(18-42)53-34(49)31(32)48/h17,20,23-35,42,44-49H,8-16,18-19H2,1-7H3,(H,50,51). The van der Waals surface area contributed by atoms with E-state index in [2.05, 4.69) is 34.6 Å². The Morgan fingerprint density at radius 3 is 2.22 bits per heavy atom. The first-order valence-electron chi connectivity index (χ1n) is 20.3. The zero-order valence-corrected chi connectivity index (χ0v) is 33.5. The van der Waals surface area contributed by atoms with E-state index < -0.39 is 96.3 Å². The zero-order valence-electron chi connectivity index (χ0n) is 33.5. The third kappa shape index (κ3) is 6.96. The molecule has 5 fully saturated rings. The summed E-state index contributed by atoms with van der Waals surface area (Å²) in [5.41, 5.74) is -1.61. The number of fused-ring (bicyclic) bond motifs is 5. The Balaban J connectivity index is 1.23. The lowest BCUT2D eigenvalue weighted by molar-refractivity contribution is -0.350. The van der Waals surface area contributed by atoms with Gasteiger partial charge in [-0.15, -0.1) is 0 Å². The molecule has 0 radical (unpaired) electrons. The van der Waals surface area contributed by atoms with Gasteiger partial charge in [-0.3, -0.25) is 9.59 Å². The molecular weight excluding hydrogens is 716 g/mol. The lowest BCUT2D eigenvalue weighted by Gasteiger charge is -2.71. The predicted molar refractivity (Wildman–Crippen MR) is 196 cm³/mol. The molecule has 314 valence electrons. The van der Waals surface area contributed by atoms with Gasteiger partial charge >= 0.3 is 5.97 Å². The summed E-state index contributed by atoms with van der Waals surface area (Å²) in [5, 5.41) is 85.6. The van der Waals surface area contributed by atoms with Crippen molar-refractivity contribution in [2.24, 2.45) is 44.8 Å². The molecule has 0 amide bonds. The second-order valence-electron chi connectivity index (χ2n) is 19.3. The molecule has 0 aromatic carbocycles. The quantitative estimate of drug-likeness (QED) is 0.117. The second-order valence-corrected chi connectivity index (χ2v) is 19.3. The minimum atomic E-state index is -1.77. The van der Waals surface area contributed by atoms with Crippen molar-refractivity contribution in [2.45, 2.75) is 174 Å². The summed E-state index contributed by atoms with van der Waals surface area (Å²) in [5.74, 6) is -0.840. The lowest BCUT2D eigenvalue weighted by atomic mass is 9.34. The molecule has 18 unspecified atom stereocenters. The average Bonchev–Trinajstić information content (AvgIpc) is 3.12. The molecule has 0 aromatic heterocycles. The Labute approximate surface area is 324 Å². The van der Waals surface area contributed by atoms with Crippen LogP contribution in [0.25, 0.3) is 0 Å². The van der Waals surface area contributed by atoms with E-state index >= 15 is 0 Å². The molecule has 0 bridgehead atoms. The maximum absolute atomic E-state index is 12.9. The van der Waals surface area contributed by atoms with Crippen molar-refractivity contribution < 1.29 is 69.4 Å². The summed E-state index contributed by atoms with van der Waals surface area (Å²) < 4.78 is 23.7. The fraction of sp³-hybridized carbons (Fsp3) is 0.902. The Bertz CT molecular complexity index is 1470. The number of aliphatic hydroxyl groups excluding tert-OH is 7. The van der Waals surface area contributed by atoms with Gasteiger partial charge in [-0.1, -0.05) is 47.6 Å². The van der Waals surface area contributed by atoms with Crippen LogP contribution in [0.1, 0.15) is 106 Å². The molecule has 0 spiro atoms. The summed E-state index contributed by atoms with van der Waals surface area (Å²) in [6, 6.07) is 0. The average molecular weight is 783 g/mol. The molecule has 4 aliphatic carbocycles. The van der Waals surface area contributed by atoms with Crippen LogP contribution in [-0.2, 0) is 28.5 Å². The van der Waals surface area contributed by atoms with Crippen molar-refractivity contribution in [1.82, 2.24) is 0 Å². The van der Waals surface area contributed by atoms with Gasteiger partial charge in [0.15, 0.2) is 12.6 Å². The van der Waals surface area contributed by atoms with Crippen molar-refractivity contribution in [2.75, 3.05) is 13.2 Å². The fourth-order valence-electron chi connectivity index (χ4n) is 12.3. The molecule has 0 aromatic rings. The van der Waals surface area contributed by atoms with Crippen LogP contribution in [0.4, 0.5) is 0 Å². The van der Waals surface area contributed by atoms with Crippen molar-refractivity contribution in [3.05, 3.63) is 11.6 Å². The molecule has 6 aliphatic rings. The monoisotopic (exact) mass is 782 g/mol. The van der Waals surface area contributed by atoms with Crippen LogP contribution in [0.2, 0.25) is 0 Å². The van der Waals surface area contributed by atoms with Crippen molar-refractivity contribution in [3.8, 4) is 0 Å². The number of aliphatic carboxylic acids is 1. The maximum atomic E-state index is 12.9. The van der Waals surface area contributed by atoms with Gasteiger partial charge in [0.1, 0.15) is 48.5 Å². The Morgan fingerprint density at radius 1 is 0.891 bits per heavy atom. The highest BCUT2D eigenvalue weighted by molar-refractivity contribution is 5.79. The van der Waals surface area contributed by atoms with Gasteiger partial charge in [0.25, 0.3) is 0 Å². The molecule has 14 heteroatoms. The minimum Gasteiger partial charge on any atom is -0.481 e. The number of carbonyl (C=O) groups is 2. The number of hydrogen-bond donors (Lipinski definition) is 8. The van der Waals surface area contributed by atoms with E-state index in [4.69, 9.17) is 18.9 Å². The Morgan fingerprint density at radius 2 is 1.58 bits per heavy atom. The number of ketones is 1. The summed E-state index contributed by atoms with van der Waals surface area (Å²) >= 11 is 0. The van der Waals surface area contributed by atoms with Crippen LogP contribution in [0.5, 0.6) is 0 Å². The van der Waals surface area contributed by atoms with Gasteiger partial charge in [0, 0.05) is 5.92 Å². The maximum Gasteiger partial charge on any atom is 0.313 e. The van der Waals surface area contributed by atoms with Crippen LogP contribution in [0, 0.1) is 44.8 Å². The van der Waals surface area contributed by atoms with E-state index in [1.165, 1.54) is 6.92 Å². The van der Waals surface area contributed by atoms with E-state index in [1.807, 2.05) is 13.0 Å². The van der Waals surface area contributed by atoms with E-state index in [-0.39, 0.29) is 41.0 Å². The molecule has 14 nitrogen and oxygen atoms in total. The first kappa shape index (κ1) is 43.0. The molecule has 2 aliphatic heterocycles. The van der Waals surface area contributed by atoms with E-state index in [9.17, 15) is 50.4 Å². The number of ether oxygens (including phenoxy) is 4. The normalized spacial score (nSPS) is 50.1. The SMILES string of the molecule is CC(=O)C(C)CCC1(C(=O)O)C=C2C(O)CC3C4(C)CCC(OC5OCC(O)C(O)C5OC5C(O)C(O)OC(CO)C5O)C(C)(C)C4CCC3(C)C2(C)CC1. The summed E-state index contributed by atoms with van der Waals surface area (Å²) in [6.07, 6.45) is -7.09. The fourth-order valence-corrected chi connectivity index (χ4v) is 12.3. The van der Waals surface area contributed by atoms with Gasteiger partial charge in [-0.2, -0.15) is 0 Å². The number of carboxylic acids is 1. The molecule has 3 saturated carbocycles. The molecule has 2 saturated heterocycles. The predicted octanol–water partition coefficient (Wildman–Crippen LogP) is 2.06. The topological polar surface area (TPSA) is 233 Å². The Kier molecular flexibility index (Phi) is 11.9. The number of rotatable bonds is 10. The second kappa shape index (κ2) is 15.2. The van der Waals surface area contributed by atoms with Crippen LogP contribution in [0.15, 0.2) is 11.6 Å². The molecular formula is C41H66O14. The number of carbonyl (C=O) groups excluding carboxylic acids is 1. The van der Waals surface area contributed by atoms with Gasteiger partial charge in [-0.05, 0) is 104 Å². The van der Waals surface area contributed by atoms with E-state index in [0.29, 0.717) is 38.5 Å². The highest BCUT2D eigenvalue weighted by Gasteiger charge is 2.69. The van der Waals surface area contributed by atoms with Gasteiger partial charge in [0.2, 0.25) is 0 Å². The number of carboxylic acid groups (broad SMARTS) is 1. The van der Waals surface area contributed by atoms with Crippen LogP contribution >= 0.6 is 0 Å². The first-order chi connectivity index (χ1) is 25.6. The molecule has 2 heterocycles. The van der Waals surface area contributed by atoms with Gasteiger partial charge < -0.3 is 59.8 Å². The summed E-state index contributed by atoms with van der Waals surface area (Å²) in [6.45, 7) is 13.7. The molecule has 55 heavy (non-hydrogen) atoms. The summed E-state index contributed by atoms with van der Waals surface area (Å²) in [4.78, 5) is 24.9. The summed E-state index contributed by atoms with van der Waals surface area (Å²) in [7, 11) is 0. The smallest absolute Gasteiger partial charge is 0.313 e. The lowest BCUT2D eigenvalue weighted by Crippen LogP contribution is -2.66. The Hall–Kier alpha value is -1.56. The van der Waals surface area contributed by atoms with Crippen LogP contribution in [-0.4, -0.2) is 133 Å². The van der Waals surface area contributed by atoms with Crippen LogP contribution in [0.3, 0.4) is 0 Å². The van der Waals surface area contributed by atoms with E-state index in [1.54, 1.807) is 0 Å². The highest BCUT2D eigenvalue weighted by Crippen LogP contribution is 2.74. The van der Waals surface area contributed by atoms with Crippen molar-refractivity contribution in [3.63, 3.8) is 0 Å². The molecule has 18 atom stereocenters. The number of aliphatic hydroxyl groups is 7. The third-order valence-corrected chi connectivity index (χ3v) is 16.2. The highest BCUT2D eigenvalue weighted by atomic mass is 16.7. The largest absolute Gasteiger partial charge is 0.481 e. The number of hydrogen-bond acceptors (Lipinski definition) is 13.